The molecule has 0 aliphatic carbocycles. The van der Waals surface area contributed by atoms with E-state index < -0.39 is 15.3 Å². The number of rotatable bonds is 6. The lowest BCUT2D eigenvalue weighted by Crippen LogP contribution is -2.47. The number of hydrogen-bond acceptors (Lipinski definition) is 5. The molecule has 0 saturated carbocycles. The smallest absolute Gasteiger partial charge is 0.214 e. The average molecular weight is 367 g/mol. The van der Waals surface area contributed by atoms with Crippen LogP contribution in [-0.4, -0.2) is 39.0 Å². The van der Waals surface area contributed by atoms with E-state index in [4.69, 9.17) is 9.47 Å². The van der Waals surface area contributed by atoms with Crippen molar-refractivity contribution in [2.45, 2.75) is 31.2 Å². The highest BCUT2D eigenvalue weighted by Gasteiger charge is 2.34. The van der Waals surface area contributed by atoms with Gasteiger partial charge in [-0.1, -0.05) is 6.07 Å². The Morgan fingerprint density at radius 2 is 1.96 bits per heavy atom. The highest BCUT2D eigenvalue weighted by Crippen LogP contribution is 2.27. The molecule has 24 heavy (non-hydrogen) atoms. The summed E-state index contributed by atoms with van der Waals surface area (Å²) in [5.74, 6) is 0.708. The van der Waals surface area contributed by atoms with Gasteiger partial charge in [-0.25, -0.2) is 13.1 Å². The van der Waals surface area contributed by atoms with Crippen LogP contribution in [0.2, 0.25) is 0 Å². The molecule has 1 aliphatic rings. The highest BCUT2D eigenvalue weighted by atomic mass is 32.2. The lowest BCUT2D eigenvalue weighted by atomic mass is 10.2. The van der Waals surface area contributed by atoms with Crippen LogP contribution in [0.5, 0.6) is 5.75 Å². The van der Waals surface area contributed by atoms with Gasteiger partial charge in [0.15, 0.2) is 0 Å². The Hall–Kier alpha value is -1.41. The van der Waals surface area contributed by atoms with Gasteiger partial charge in [0.25, 0.3) is 0 Å². The van der Waals surface area contributed by atoms with Crippen LogP contribution in [0.15, 0.2) is 41.8 Å². The van der Waals surface area contributed by atoms with Gasteiger partial charge in [0, 0.05) is 4.88 Å². The molecule has 7 heteroatoms. The molecular formula is C17H21NO4S2. The van der Waals surface area contributed by atoms with Crippen molar-refractivity contribution in [3.8, 4) is 16.2 Å². The summed E-state index contributed by atoms with van der Waals surface area (Å²) in [6.07, 6.45) is -0.328. The Kier molecular flexibility index (Phi) is 5.24. The van der Waals surface area contributed by atoms with Crippen molar-refractivity contribution in [2.24, 2.45) is 0 Å². The average Bonchev–Trinajstić information content (AvgIpc) is 3.20. The number of nitrogens with one attached hydrogen (secondary N) is 1. The van der Waals surface area contributed by atoms with Gasteiger partial charge < -0.3 is 9.47 Å². The third-order valence-electron chi connectivity index (χ3n) is 3.91. The number of thiophene rings is 1. The molecule has 0 spiro atoms. The molecule has 0 amide bonds. The summed E-state index contributed by atoms with van der Waals surface area (Å²) in [5.41, 5.74) is 1.14. The number of benzene rings is 1. The van der Waals surface area contributed by atoms with Gasteiger partial charge in [-0.05, 0) is 55.1 Å². The Balaban J connectivity index is 1.66. The van der Waals surface area contributed by atoms with E-state index in [1.807, 2.05) is 35.7 Å². The second-order valence-corrected chi connectivity index (χ2v) is 9.23. The molecule has 2 unspecified atom stereocenters. The molecule has 1 aromatic heterocycles. The van der Waals surface area contributed by atoms with Crippen molar-refractivity contribution < 1.29 is 17.9 Å². The summed E-state index contributed by atoms with van der Waals surface area (Å²) in [6, 6.07) is 11.5. The minimum Gasteiger partial charge on any atom is -0.486 e. The third kappa shape index (κ3) is 3.97. The zero-order valence-electron chi connectivity index (χ0n) is 13.6. The van der Waals surface area contributed by atoms with Gasteiger partial charge in [-0.3, -0.25) is 0 Å². The molecule has 2 aromatic rings. The molecule has 2 heterocycles. The first-order valence-electron chi connectivity index (χ1n) is 7.85. The van der Waals surface area contributed by atoms with Gasteiger partial charge in [0.2, 0.25) is 10.0 Å². The van der Waals surface area contributed by atoms with Crippen molar-refractivity contribution in [2.75, 3.05) is 13.2 Å². The first kappa shape index (κ1) is 17.4. The zero-order chi connectivity index (χ0) is 17.2. The van der Waals surface area contributed by atoms with Gasteiger partial charge in [-0.2, -0.15) is 0 Å². The maximum absolute atomic E-state index is 12.0. The maximum Gasteiger partial charge on any atom is 0.214 e. The molecule has 0 bridgehead atoms. The van der Waals surface area contributed by atoms with Crippen LogP contribution in [0.25, 0.3) is 10.4 Å². The minimum absolute atomic E-state index is 0.323. The summed E-state index contributed by atoms with van der Waals surface area (Å²) >= 11 is 1.69. The van der Waals surface area contributed by atoms with Crippen molar-refractivity contribution in [3.63, 3.8) is 0 Å². The Bertz CT molecular complexity index is 754. The summed E-state index contributed by atoms with van der Waals surface area (Å²) < 4.78 is 38.1. The number of sulfonamides is 1. The van der Waals surface area contributed by atoms with E-state index in [0.717, 1.165) is 5.56 Å². The van der Waals surface area contributed by atoms with Crippen molar-refractivity contribution in [3.05, 3.63) is 41.8 Å². The van der Waals surface area contributed by atoms with Crippen molar-refractivity contribution in [1.82, 2.24) is 4.72 Å². The minimum atomic E-state index is -3.35. The molecule has 1 saturated heterocycles. The fourth-order valence-electron chi connectivity index (χ4n) is 2.42. The summed E-state index contributed by atoms with van der Waals surface area (Å²) in [6.45, 7) is 4.00. The molecule has 0 radical (unpaired) electrons. The molecule has 2 atom stereocenters. The van der Waals surface area contributed by atoms with Gasteiger partial charge >= 0.3 is 0 Å². The van der Waals surface area contributed by atoms with E-state index in [9.17, 15) is 8.42 Å². The van der Waals surface area contributed by atoms with Crippen LogP contribution in [-0.2, 0) is 14.8 Å². The van der Waals surface area contributed by atoms with Crippen LogP contribution in [0.1, 0.15) is 13.8 Å². The van der Waals surface area contributed by atoms with Crippen molar-refractivity contribution in [1.29, 1.82) is 0 Å². The predicted octanol–water partition coefficient (Wildman–Crippen LogP) is 2.89. The summed E-state index contributed by atoms with van der Waals surface area (Å²) in [7, 11) is -3.35. The molecular weight excluding hydrogens is 346 g/mol. The Morgan fingerprint density at radius 3 is 2.58 bits per heavy atom. The fraction of sp³-hybridized carbons (Fsp3) is 0.412. The standard InChI is InChI=1S/C17H21NO4S2/c1-12(2)24(19,20)18-15-10-21-11-16(15)22-14-7-5-13(6-8-14)17-4-3-9-23-17/h3-9,12,15-16,18H,10-11H2,1-2H3. The molecule has 1 aliphatic heterocycles. The van der Waals surface area contributed by atoms with E-state index >= 15 is 0 Å². The fourth-order valence-corrected chi connectivity index (χ4v) is 4.07. The highest BCUT2D eigenvalue weighted by molar-refractivity contribution is 7.90. The van der Waals surface area contributed by atoms with Crippen LogP contribution < -0.4 is 9.46 Å². The molecule has 1 N–H and O–H groups in total. The second kappa shape index (κ2) is 7.23. The van der Waals surface area contributed by atoms with Crippen LogP contribution in [0.4, 0.5) is 0 Å². The summed E-state index contributed by atoms with van der Waals surface area (Å²) in [5, 5.41) is 1.56. The Morgan fingerprint density at radius 1 is 1.21 bits per heavy atom. The number of ether oxygens (including phenoxy) is 2. The van der Waals surface area contributed by atoms with Gasteiger partial charge in [0.1, 0.15) is 11.9 Å². The van der Waals surface area contributed by atoms with Gasteiger partial charge in [-0.15, -0.1) is 11.3 Å². The lowest BCUT2D eigenvalue weighted by Gasteiger charge is -2.21. The normalized spacial score (nSPS) is 21.3. The first-order chi connectivity index (χ1) is 11.5. The third-order valence-corrected chi connectivity index (χ3v) is 6.70. The second-order valence-electron chi connectivity index (χ2n) is 6.01. The van der Waals surface area contributed by atoms with Crippen LogP contribution in [0.3, 0.4) is 0 Å². The monoisotopic (exact) mass is 367 g/mol. The van der Waals surface area contributed by atoms with E-state index in [-0.39, 0.29) is 12.1 Å². The Labute approximate surface area is 146 Å². The topological polar surface area (TPSA) is 64.6 Å². The SMILES string of the molecule is CC(C)S(=O)(=O)NC1COCC1Oc1ccc(-c2cccs2)cc1. The van der Waals surface area contributed by atoms with E-state index in [2.05, 4.69) is 10.8 Å². The largest absolute Gasteiger partial charge is 0.486 e. The first-order valence-corrected chi connectivity index (χ1v) is 10.3. The van der Waals surface area contributed by atoms with Crippen molar-refractivity contribution >= 4 is 21.4 Å². The van der Waals surface area contributed by atoms with Crippen LogP contribution >= 0.6 is 11.3 Å². The molecule has 1 fully saturated rings. The number of hydrogen-bond donors (Lipinski definition) is 1. The van der Waals surface area contributed by atoms with Gasteiger partial charge in [0.05, 0.1) is 24.5 Å². The molecule has 3 rings (SSSR count). The summed E-state index contributed by atoms with van der Waals surface area (Å²) in [4.78, 5) is 1.20. The zero-order valence-corrected chi connectivity index (χ0v) is 15.3. The molecule has 130 valence electrons. The quantitative estimate of drug-likeness (QED) is 0.853. The van der Waals surface area contributed by atoms with Crippen LogP contribution in [0, 0.1) is 0 Å². The lowest BCUT2D eigenvalue weighted by molar-refractivity contribution is 0.140. The maximum atomic E-state index is 12.0. The predicted molar refractivity (Wildman–Crippen MR) is 96.0 cm³/mol. The molecule has 1 aromatic carbocycles. The van der Waals surface area contributed by atoms with E-state index in [0.29, 0.717) is 19.0 Å². The molecule has 5 nitrogen and oxygen atoms in total. The van der Waals surface area contributed by atoms with E-state index in [1.165, 1.54) is 4.88 Å². The van der Waals surface area contributed by atoms with E-state index in [1.54, 1.807) is 25.2 Å².